The second-order valence-electron chi connectivity index (χ2n) is 2.39. The summed E-state index contributed by atoms with van der Waals surface area (Å²) in [5, 5.41) is 0. The zero-order valence-electron chi connectivity index (χ0n) is 7.50. The fourth-order valence-corrected chi connectivity index (χ4v) is 0.513. The molecule has 0 spiro atoms. The molecule has 3 nitrogen and oxygen atoms in total. The maximum Gasteiger partial charge on any atom is 0.333 e. The van der Waals surface area contributed by atoms with Crippen molar-refractivity contribution in [3.63, 3.8) is 0 Å². The summed E-state index contributed by atoms with van der Waals surface area (Å²) < 4.78 is 9.72. The number of hydrogen-bond acceptors (Lipinski definition) is 3. The minimum atomic E-state index is -0.404. The summed E-state index contributed by atoms with van der Waals surface area (Å²) in [6, 6.07) is 0. The van der Waals surface area contributed by atoms with Gasteiger partial charge in [0, 0.05) is 12.7 Å². The summed E-state index contributed by atoms with van der Waals surface area (Å²) in [6.07, 6.45) is 1.33. The van der Waals surface area contributed by atoms with Gasteiger partial charge in [0.15, 0.2) is 0 Å². The number of rotatable bonds is 5. The van der Waals surface area contributed by atoms with Crippen molar-refractivity contribution < 1.29 is 14.3 Å². The molecule has 3 heteroatoms. The highest BCUT2D eigenvalue weighted by Crippen LogP contribution is 1.96. The first-order valence-corrected chi connectivity index (χ1v) is 3.59. The van der Waals surface area contributed by atoms with Crippen LogP contribution >= 0.6 is 0 Å². The van der Waals surface area contributed by atoms with Gasteiger partial charge in [-0.25, -0.2) is 4.79 Å². The summed E-state index contributed by atoms with van der Waals surface area (Å²) in [5.41, 5.74) is 0.383. The maximum atomic E-state index is 10.9. The molecule has 0 rings (SSSR count). The molecule has 0 N–H and O–H groups in total. The normalized spacial score (nSPS) is 11.8. The van der Waals surface area contributed by atoms with E-state index in [1.165, 1.54) is 7.11 Å². The molecular weight excluding hydrogens is 156 g/mol. The third kappa shape index (κ3) is 3.93. The average Bonchev–Trinajstić information content (AvgIpc) is 2.05. The minimum absolute atomic E-state index is 0.186. The van der Waals surface area contributed by atoms with E-state index in [9.17, 15) is 4.79 Å². The molecule has 0 amide bonds. The Bertz CT molecular complexity index is 184. The van der Waals surface area contributed by atoms with Crippen LogP contribution < -0.4 is 0 Å². The van der Waals surface area contributed by atoms with Crippen molar-refractivity contribution in [3.05, 3.63) is 24.8 Å². The zero-order chi connectivity index (χ0) is 9.56. The molecule has 0 aliphatic carbocycles. The first kappa shape index (κ1) is 10.9. The molecule has 0 aromatic heterocycles. The van der Waals surface area contributed by atoms with Gasteiger partial charge in [0.25, 0.3) is 0 Å². The number of carbonyl (C=O) groups excluding carboxylic acids is 1. The van der Waals surface area contributed by atoms with Gasteiger partial charge in [-0.2, -0.15) is 0 Å². The van der Waals surface area contributed by atoms with E-state index >= 15 is 0 Å². The fraction of sp³-hybridized carbons (Fsp3) is 0.444. The number of carbonyl (C=O) groups is 1. The Kier molecular flexibility index (Phi) is 5.04. The van der Waals surface area contributed by atoms with Gasteiger partial charge in [-0.15, -0.1) is 6.58 Å². The quantitative estimate of drug-likeness (QED) is 0.354. The van der Waals surface area contributed by atoms with Crippen molar-refractivity contribution in [3.8, 4) is 0 Å². The molecular formula is C9H14O3. The summed E-state index contributed by atoms with van der Waals surface area (Å²) in [4.78, 5) is 10.9. The van der Waals surface area contributed by atoms with Crippen LogP contribution in [0.1, 0.15) is 6.92 Å². The molecule has 1 atom stereocenters. The van der Waals surface area contributed by atoms with Crippen LogP contribution in [0.25, 0.3) is 0 Å². The van der Waals surface area contributed by atoms with Crippen LogP contribution in [0.3, 0.4) is 0 Å². The van der Waals surface area contributed by atoms with Crippen molar-refractivity contribution in [2.75, 3.05) is 13.7 Å². The maximum absolute atomic E-state index is 10.9. The lowest BCUT2D eigenvalue weighted by atomic mass is 10.3. The van der Waals surface area contributed by atoms with E-state index < -0.39 is 5.97 Å². The molecule has 68 valence electrons. The SMILES string of the molecule is C=CC(COC(=O)C(=C)C)OC. The lowest BCUT2D eigenvalue weighted by Gasteiger charge is -2.10. The Hall–Kier alpha value is -1.09. The highest BCUT2D eigenvalue weighted by molar-refractivity contribution is 5.86. The third-order valence-electron chi connectivity index (χ3n) is 1.29. The molecule has 0 aliphatic heterocycles. The molecule has 0 aliphatic rings. The molecule has 0 bridgehead atoms. The van der Waals surface area contributed by atoms with Gasteiger partial charge >= 0.3 is 5.97 Å². The van der Waals surface area contributed by atoms with Gasteiger partial charge in [0.2, 0.25) is 0 Å². The van der Waals surface area contributed by atoms with Crippen LogP contribution in [0.4, 0.5) is 0 Å². The largest absolute Gasteiger partial charge is 0.459 e. The van der Waals surface area contributed by atoms with Gasteiger partial charge in [-0.05, 0) is 6.92 Å². The second-order valence-corrected chi connectivity index (χ2v) is 2.39. The summed E-state index contributed by atoms with van der Waals surface area (Å²) in [7, 11) is 1.53. The lowest BCUT2D eigenvalue weighted by molar-refractivity contribution is -0.141. The Labute approximate surface area is 72.7 Å². The Morgan fingerprint density at radius 3 is 2.58 bits per heavy atom. The number of hydrogen-bond donors (Lipinski definition) is 0. The van der Waals surface area contributed by atoms with Gasteiger partial charge in [0.1, 0.15) is 12.7 Å². The first-order chi connectivity index (χ1) is 5.61. The summed E-state index contributed by atoms with van der Waals surface area (Å²) in [6.45, 7) is 8.74. The van der Waals surface area contributed by atoms with E-state index in [0.29, 0.717) is 5.57 Å². The van der Waals surface area contributed by atoms with Gasteiger partial charge in [0.05, 0.1) is 0 Å². The van der Waals surface area contributed by atoms with E-state index in [1.54, 1.807) is 13.0 Å². The van der Waals surface area contributed by atoms with Crippen molar-refractivity contribution in [1.29, 1.82) is 0 Å². The Morgan fingerprint density at radius 1 is 1.67 bits per heavy atom. The minimum Gasteiger partial charge on any atom is -0.459 e. The monoisotopic (exact) mass is 170 g/mol. The van der Waals surface area contributed by atoms with Crippen LogP contribution in [0.15, 0.2) is 24.8 Å². The van der Waals surface area contributed by atoms with Crippen molar-refractivity contribution in [1.82, 2.24) is 0 Å². The Morgan fingerprint density at radius 2 is 2.25 bits per heavy atom. The molecule has 0 aromatic rings. The van der Waals surface area contributed by atoms with Gasteiger partial charge in [-0.3, -0.25) is 0 Å². The van der Waals surface area contributed by atoms with Crippen LogP contribution in [0.5, 0.6) is 0 Å². The first-order valence-electron chi connectivity index (χ1n) is 3.59. The van der Waals surface area contributed by atoms with E-state index in [4.69, 9.17) is 9.47 Å². The predicted octanol–water partition coefficient (Wildman–Crippen LogP) is 1.31. The van der Waals surface area contributed by atoms with E-state index in [2.05, 4.69) is 13.2 Å². The van der Waals surface area contributed by atoms with Crippen molar-refractivity contribution >= 4 is 5.97 Å². The summed E-state index contributed by atoms with van der Waals surface area (Å²) >= 11 is 0. The topological polar surface area (TPSA) is 35.5 Å². The number of methoxy groups -OCH3 is 1. The molecule has 0 aromatic carbocycles. The molecule has 0 saturated carbocycles. The Balaban J connectivity index is 3.73. The molecule has 12 heavy (non-hydrogen) atoms. The van der Waals surface area contributed by atoms with Crippen LogP contribution in [0, 0.1) is 0 Å². The molecule has 0 saturated heterocycles. The second kappa shape index (κ2) is 5.55. The van der Waals surface area contributed by atoms with Crippen molar-refractivity contribution in [2.24, 2.45) is 0 Å². The standard InChI is InChI=1S/C9H14O3/c1-5-8(11-4)6-12-9(10)7(2)3/h5,8H,1-2,6H2,3-4H3. The fourth-order valence-electron chi connectivity index (χ4n) is 0.513. The summed E-state index contributed by atoms with van der Waals surface area (Å²) in [5.74, 6) is -0.404. The van der Waals surface area contributed by atoms with Gasteiger partial charge in [-0.1, -0.05) is 12.7 Å². The molecule has 1 unspecified atom stereocenters. The molecule has 0 fully saturated rings. The van der Waals surface area contributed by atoms with Gasteiger partial charge < -0.3 is 9.47 Å². The van der Waals surface area contributed by atoms with E-state index in [0.717, 1.165) is 0 Å². The highest BCUT2D eigenvalue weighted by Gasteiger charge is 2.07. The smallest absolute Gasteiger partial charge is 0.333 e. The van der Waals surface area contributed by atoms with Crippen LogP contribution in [-0.4, -0.2) is 25.8 Å². The zero-order valence-corrected chi connectivity index (χ0v) is 7.50. The van der Waals surface area contributed by atoms with E-state index in [1.807, 2.05) is 0 Å². The lowest BCUT2D eigenvalue weighted by Crippen LogP contribution is -2.18. The third-order valence-corrected chi connectivity index (χ3v) is 1.29. The highest BCUT2D eigenvalue weighted by atomic mass is 16.6. The predicted molar refractivity (Wildman–Crippen MR) is 46.8 cm³/mol. The molecule has 0 heterocycles. The van der Waals surface area contributed by atoms with Crippen LogP contribution in [-0.2, 0) is 14.3 Å². The average molecular weight is 170 g/mol. The molecule has 0 radical (unpaired) electrons. The van der Waals surface area contributed by atoms with Crippen molar-refractivity contribution in [2.45, 2.75) is 13.0 Å². The van der Waals surface area contributed by atoms with Crippen LogP contribution in [0.2, 0.25) is 0 Å². The number of ether oxygens (including phenoxy) is 2. The van der Waals surface area contributed by atoms with E-state index in [-0.39, 0.29) is 12.7 Å². The number of esters is 1.